The van der Waals surface area contributed by atoms with E-state index in [9.17, 15) is 14.0 Å². The summed E-state index contributed by atoms with van der Waals surface area (Å²) in [6, 6.07) is 6.08. The van der Waals surface area contributed by atoms with Crippen LogP contribution in [0.2, 0.25) is 0 Å². The summed E-state index contributed by atoms with van der Waals surface area (Å²) in [5.74, 6) is 0.111. The number of nitrogens with one attached hydrogen (secondary N) is 1. The van der Waals surface area contributed by atoms with Gasteiger partial charge in [0.1, 0.15) is 5.82 Å². The lowest BCUT2D eigenvalue weighted by Gasteiger charge is -2.37. The molecule has 1 heterocycles. The number of para-hydroxylation sites is 1. The third-order valence-corrected chi connectivity index (χ3v) is 5.77. The molecule has 22 heavy (non-hydrogen) atoms. The number of hydrogen-bond donors (Lipinski definition) is 1. The van der Waals surface area contributed by atoms with Crippen LogP contribution in [0.15, 0.2) is 36.4 Å². The van der Waals surface area contributed by atoms with Gasteiger partial charge in [-0.15, -0.1) is 0 Å². The number of nitrogens with zero attached hydrogens (tertiary/aromatic N) is 1. The van der Waals surface area contributed by atoms with Crippen molar-refractivity contribution in [2.45, 2.75) is 6.42 Å². The summed E-state index contributed by atoms with van der Waals surface area (Å²) in [5.41, 5.74) is 2.86. The van der Waals surface area contributed by atoms with Crippen molar-refractivity contribution in [2.75, 3.05) is 5.43 Å². The van der Waals surface area contributed by atoms with Gasteiger partial charge in [0.25, 0.3) is 11.8 Å². The molecule has 112 valence electrons. The van der Waals surface area contributed by atoms with E-state index in [1.165, 1.54) is 12.1 Å². The second kappa shape index (κ2) is 3.97. The zero-order valence-electron chi connectivity index (χ0n) is 11.8. The zero-order chi connectivity index (χ0) is 15.0. The third-order valence-electron chi connectivity index (χ3n) is 5.77. The van der Waals surface area contributed by atoms with Crippen molar-refractivity contribution in [3.63, 3.8) is 0 Å². The molecule has 2 saturated carbocycles. The highest BCUT2D eigenvalue weighted by Gasteiger charge is 2.67. The number of rotatable bonds is 2. The minimum atomic E-state index is -0.470. The van der Waals surface area contributed by atoms with Crippen LogP contribution in [0, 0.1) is 41.3 Å². The number of anilines is 1. The van der Waals surface area contributed by atoms with E-state index < -0.39 is 5.82 Å². The standard InChI is InChI=1S/C17H15FN2O2/c18-12-3-1-2-4-13(12)19-20-16(21)14-8-5-6-9(11-7-10(8)11)15(14)17(20)22/h1-6,8-11,14-15,19H,7H2. The molecule has 6 atom stereocenters. The lowest BCUT2D eigenvalue weighted by molar-refractivity contribution is -0.138. The van der Waals surface area contributed by atoms with Gasteiger partial charge in [-0.2, -0.15) is 5.01 Å². The van der Waals surface area contributed by atoms with Crippen molar-refractivity contribution >= 4 is 17.5 Å². The quantitative estimate of drug-likeness (QED) is 0.673. The maximum absolute atomic E-state index is 13.8. The number of carbonyl (C=O) groups is 2. The highest BCUT2D eigenvalue weighted by atomic mass is 19.1. The smallest absolute Gasteiger partial charge is 0.252 e. The molecule has 1 aliphatic heterocycles. The van der Waals surface area contributed by atoms with E-state index in [4.69, 9.17) is 0 Å². The summed E-state index contributed by atoms with van der Waals surface area (Å²) in [5, 5.41) is 1.05. The number of amides is 2. The Kier molecular flexibility index (Phi) is 2.23. The molecule has 5 aliphatic rings. The van der Waals surface area contributed by atoms with Crippen LogP contribution in [-0.2, 0) is 9.59 Å². The van der Waals surface area contributed by atoms with Gasteiger partial charge in [-0.05, 0) is 42.2 Å². The summed E-state index contributed by atoms with van der Waals surface area (Å²) in [7, 11) is 0. The second-order valence-corrected chi connectivity index (χ2v) is 6.76. The van der Waals surface area contributed by atoms with Crippen molar-refractivity contribution in [1.29, 1.82) is 0 Å². The first-order valence-electron chi connectivity index (χ1n) is 7.74. The number of benzene rings is 1. The van der Waals surface area contributed by atoms with Crippen molar-refractivity contribution in [3.8, 4) is 0 Å². The predicted octanol–water partition coefficient (Wildman–Crippen LogP) is 2.21. The zero-order valence-corrected chi connectivity index (χ0v) is 11.8. The van der Waals surface area contributed by atoms with Crippen LogP contribution in [0.4, 0.5) is 10.1 Å². The summed E-state index contributed by atoms with van der Waals surface area (Å²) < 4.78 is 13.8. The van der Waals surface area contributed by atoms with E-state index in [1.807, 2.05) is 0 Å². The predicted molar refractivity (Wildman–Crippen MR) is 76.6 cm³/mol. The summed E-state index contributed by atoms with van der Waals surface area (Å²) in [6.45, 7) is 0. The second-order valence-electron chi connectivity index (χ2n) is 6.76. The number of imide groups is 1. The van der Waals surface area contributed by atoms with Crippen LogP contribution in [0.25, 0.3) is 0 Å². The molecule has 4 nitrogen and oxygen atoms in total. The molecular weight excluding hydrogens is 283 g/mol. The molecule has 4 aliphatic carbocycles. The Balaban J connectivity index is 1.49. The van der Waals surface area contributed by atoms with Gasteiger partial charge in [-0.25, -0.2) is 4.39 Å². The first kappa shape index (κ1) is 12.4. The molecule has 0 aromatic heterocycles. The average molecular weight is 298 g/mol. The molecule has 6 rings (SSSR count). The molecular formula is C17H15FN2O2. The fourth-order valence-electron chi connectivity index (χ4n) is 4.74. The largest absolute Gasteiger partial charge is 0.286 e. The summed E-state index contributed by atoms with van der Waals surface area (Å²) >= 11 is 0. The van der Waals surface area contributed by atoms with Crippen LogP contribution in [-0.4, -0.2) is 16.8 Å². The van der Waals surface area contributed by atoms with Crippen molar-refractivity contribution in [2.24, 2.45) is 35.5 Å². The van der Waals surface area contributed by atoms with E-state index in [-0.39, 0.29) is 41.2 Å². The minimum Gasteiger partial charge on any atom is -0.286 e. The topological polar surface area (TPSA) is 49.4 Å². The normalized spacial score (nSPS) is 40.7. The van der Waals surface area contributed by atoms with Crippen molar-refractivity contribution < 1.29 is 14.0 Å². The van der Waals surface area contributed by atoms with Crippen molar-refractivity contribution in [3.05, 3.63) is 42.2 Å². The van der Waals surface area contributed by atoms with E-state index in [1.54, 1.807) is 12.1 Å². The fourth-order valence-corrected chi connectivity index (χ4v) is 4.74. The molecule has 1 aromatic rings. The van der Waals surface area contributed by atoms with Crippen LogP contribution in [0.3, 0.4) is 0 Å². The molecule has 6 unspecified atom stereocenters. The summed E-state index contributed by atoms with van der Waals surface area (Å²) in [4.78, 5) is 25.4. The molecule has 2 bridgehead atoms. The molecule has 5 heteroatoms. The lowest BCUT2D eigenvalue weighted by Crippen LogP contribution is -2.40. The van der Waals surface area contributed by atoms with E-state index in [0.717, 1.165) is 11.4 Å². The van der Waals surface area contributed by atoms with E-state index >= 15 is 0 Å². The Morgan fingerprint density at radius 2 is 1.59 bits per heavy atom. The van der Waals surface area contributed by atoms with Gasteiger partial charge >= 0.3 is 0 Å². The first-order valence-corrected chi connectivity index (χ1v) is 7.74. The van der Waals surface area contributed by atoms with E-state index in [2.05, 4.69) is 17.6 Å². The van der Waals surface area contributed by atoms with Gasteiger partial charge in [-0.3, -0.25) is 15.0 Å². The van der Waals surface area contributed by atoms with Crippen molar-refractivity contribution in [1.82, 2.24) is 5.01 Å². The van der Waals surface area contributed by atoms with Crippen LogP contribution in [0.1, 0.15) is 6.42 Å². The van der Waals surface area contributed by atoms with Gasteiger partial charge in [0.05, 0.1) is 17.5 Å². The molecule has 1 aromatic carbocycles. The number of halogens is 1. The van der Waals surface area contributed by atoms with Crippen LogP contribution < -0.4 is 5.43 Å². The maximum Gasteiger partial charge on any atom is 0.252 e. The Morgan fingerprint density at radius 1 is 1.00 bits per heavy atom. The molecule has 3 fully saturated rings. The first-order chi connectivity index (χ1) is 10.7. The van der Waals surface area contributed by atoms with Gasteiger partial charge < -0.3 is 0 Å². The minimum absolute atomic E-state index is 0.160. The maximum atomic E-state index is 13.8. The number of hydrazine groups is 1. The molecule has 0 radical (unpaired) electrons. The third kappa shape index (κ3) is 1.41. The van der Waals surface area contributed by atoms with E-state index in [0.29, 0.717) is 11.8 Å². The fraction of sp³-hybridized carbons (Fsp3) is 0.412. The number of carbonyl (C=O) groups excluding carboxylic acids is 2. The Morgan fingerprint density at radius 3 is 2.18 bits per heavy atom. The molecule has 1 saturated heterocycles. The van der Waals surface area contributed by atoms with Crippen LogP contribution >= 0.6 is 0 Å². The van der Waals surface area contributed by atoms with Crippen LogP contribution in [0.5, 0.6) is 0 Å². The Labute approximate surface area is 127 Å². The monoisotopic (exact) mass is 298 g/mol. The highest BCUT2D eigenvalue weighted by Crippen LogP contribution is 2.65. The van der Waals surface area contributed by atoms with Gasteiger partial charge in [0.15, 0.2) is 0 Å². The Hall–Kier alpha value is -2.17. The average Bonchev–Trinajstić information content (AvgIpc) is 3.30. The Bertz CT molecular complexity index is 695. The van der Waals surface area contributed by atoms with Gasteiger partial charge in [0, 0.05) is 0 Å². The molecule has 0 spiro atoms. The van der Waals surface area contributed by atoms with Gasteiger partial charge in [0.2, 0.25) is 0 Å². The SMILES string of the molecule is O=C1C2C3C=CC(C4CC34)C2C(=O)N1Nc1ccccc1F. The highest BCUT2D eigenvalue weighted by molar-refractivity contribution is 6.07. The number of hydrogen-bond acceptors (Lipinski definition) is 3. The lowest BCUT2D eigenvalue weighted by atomic mass is 9.63. The molecule has 1 N–H and O–H groups in total. The molecule has 2 amide bonds. The number of allylic oxidation sites excluding steroid dienone is 2. The van der Waals surface area contributed by atoms with Gasteiger partial charge in [-0.1, -0.05) is 24.3 Å². The summed E-state index contributed by atoms with van der Waals surface area (Å²) in [6.07, 6.45) is 5.38.